The van der Waals surface area contributed by atoms with Crippen LogP contribution in [0.15, 0.2) is 0 Å². The summed E-state index contributed by atoms with van der Waals surface area (Å²) in [4.78, 5) is 0. The summed E-state index contributed by atoms with van der Waals surface area (Å²) < 4.78 is 10.9. The summed E-state index contributed by atoms with van der Waals surface area (Å²) in [5.74, 6) is 0. The van der Waals surface area contributed by atoms with Gasteiger partial charge in [-0.3, -0.25) is 0 Å². The highest BCUT2D eigenvalue weighted by atomic mass is 16.6. The Morgan fingerprint density at radius 2 is 2.30 bits per heavy atom. The monoisotopic (exact) mass is 143 g/mol. The van der Waals surface area contributed by atoms with Gasteiger partial charge in [0.2, 0.25) is 0 Å². The Balaban J connectivity index is 1.98. The highest BCUT2D eigenvalue weighted by molar-refractivity contribution is 4.89. The summed E-state index contributed by atoms with van der Waals surface area (Å²) >= 11 is 0. The first kappa shape index (κ1) is 6.58. The van der Waals surface area contributed by atoms with Crippen LogP contribution in [0.25, 0.3) is 0 Å². The Labute approximate surface area is 60.7 Å². The third-order valence-corrected chi connectivity index (χ3v) is 2.20. The van der Waals surface area contributed by atoms with Crippen molar-refractivity contribution >= 4 is 0 Å². The molecule has 0 aromatic carbocycles. The Bertz CT molecular complexity index is 113. The second-order valence-electron chi connectivity index (χ2n) is 3.01. The molecule has 58 valence electrons. The Kier molecular flexibility index (Phi) is 1.64. The van der Waals surface area contributed by atoms with Gasteiger partial charge in [0.1, 0.15) is 5.60 Å². The Morgan fingerprint density at radius 1 is 1.30 bits per heavy atom. The fraction of sp³-hybridized carbons (Fsp3) is 1.00. The topological polar surface area (TPSA) is 30.5 Å². The fourth-order valence-electron chi connectivity index (χ4n) is 1.55. The molecule has 1 unspecified atom stereocenters. The predicted molar refractivity (Wildman–Crippen MR) is 37.0 cm³/mol. The van der Waals surface area contributed by atoms with E-state index in [9.17, 15) is 0 Å². The van der Waals surface area contributed by atoms with Crippen molar-refractivity contribution in [3.05, 3.63) is 0 Å². The molecule has 0 aliphatic carbocycles. The second-order valence-corrected chi connectivity index (χ2v) is 3.01. The van der Waals surface area contributed by atoms with Gasteiger partial charge >= 0.3 is 0 Å². The lowest BCUT2D eigenvalue weighted by atomic mass is 10.0. The first-order chi connectivity index (χ1) is 4.91. The van der Waals surface area contributed by atoms with Gasteiger partial charge in [0.05, 0.1) is 13.2 Å². The molecule has 3 heteroatoms. The van der Waals surface area contributed by atoms with E-state index in [-0.39, 0.29) is 5.60 Å². The van der Waals surface area contributed by atoms with Crippen molar-refractivity contribution in [3.63, 3.8) is 0 Å². The second kappa shape index (κ2) is 2.49. The van der Waals surface area contributed by atoms with E-state index in [1.165, 1.54) is 0 Å². The number of rotatable bonds is 0. The van der Waals surface area contributed by atoms with Crippen molar-refractivity contribution in [2.45, 2.75) is 12.0 Å². The molecule has 0 amide bonds. The van der Waals surface area contributed by atoms with Gasteiger partial charge in [-0.05, 0) is 0 Å². The minimum absolute atomic E-state index is 0.0399. The third kappa shape index (κ3) is 1.05. The molecule has 0 radical (unpaired) electrons. The highest BCUT2D eigenvalue weighted by Gasteiger charge is 2.37. The van der Waals surface area contributed by atoms with Crippen LogP contribution >= 0.6 is 0 Å². The van der Waals surface area contributed by atoms with E-state index in [4.69, 9.17) is 9.47 Å². The van der Waals surface area contributed by atoms with Crippen LogP contribution in [0.3, 0.4) is 0 Å². The smallest absolute Gasteiger partial charge is 0.106 e. The number of hydrogen-bond acceptors (Lipinski definition) is 3. The molecule has 2 aliphatic heterocycles. The van der Waals surface area contributed by atoms with Gasteiger partial charge in [-0.1, -0.05) is 0 Å². The van der Waals surface area contributed by atoms with E-state index in [0.717, 1.165) is 39.3 Å². The lowest BCUT2D eigenvalue weighted by Gasteiger charge is -2.32. The minimum atomic E-state index is 0.0399. The molecule has 0 aromatic heterocycles. The SMILES string of the molecule is C1COC2(CCOC2)CN1. The molecule has 2 fully saturated rings. The van der Waals surface area contributed by atoms with E-state index in [2.05, 4.69) is 5.32 Å². The Hall–Kier alpha value is -0.120. The quantitative estimate of drug-likeness (QED) is 0.508. The predicted octanol–water partition coefficient (Wildman–Crippen LogP) is -0.235. The van der Waals surface area contributed by atoms with Crippen LogP contribution in [0.5, 0.6) is 0 Å². The van der Waals surface area contributed by atoms with Crippen LogP contribution in [0.4, 0.5) is 0 Å². The van der Waals surface area contributed by atoms with E-state index in [1.54, 1.807) is 0 Å². The summed E-state index contributed by atoms with van der Waals surface area (Å²) in [6.45, 7) is 4.43. The molecular formula is C7H13NO2. The standard InChI is InChI=1S/C7H13NO2/c1-3-9-6-7(1)5-8-2-4-10-7/h8H,1-6H2. The molecule has 0 saturated carbocycles. The molecule has 10 heavy (non-hydrogen) atoms. The summed E-state index contributed by atoms with van der Waals surface area (Å²) in [5.41, 5.74) is 0.0399. The molecule has 1 atom stereocenters. The summed E-state index contributed by atoms with van der Waals surface area (Å²) in [7, 11) is 0. The van der Waals surface area contributed by atoms with E-state index in [0.29, 0.717) is 0 Å². The van der Waals surface area contributed by atoms with Crippen molar-refractivity contribution in [3.8, 4) is 0 Å². The maximum Gasteiger partial charge on any atom is 0.106 e. The maximum atomic E-state index is 5.64. The molecule has 0 bridgehead atoms. The van der Waals surface area contributed by atoms with Crippen LogP contribution in [0.2, 0.25) is 0 Å². The molecule has 2 rings (SSSR count). The minimum Gasteiger partial charge on any atom is -0.378 e. The molecule has 2 heterocycles. The van der Waals surface area contributed by atoms with Crippen LogP contribution < -0.4 is 5.32 Å². The molecule has 0 aromatic rings. The number of morpholine rings is 1. The first-order valence-corrected chi connectivity index (χ1v) is 3.84. The number of ether oxygens (including phenoxy) is 2. The molecule has 1 N–H and O–H groups in total. The van der Waals surface area contributed by atoms with Gasteiger partial charge in [0.15, 0.2) is 0 Å². The molecular weight excluding hydrogens is 130 g/mol. The zero-order valence-corrected chi connectivity index (χ0v) is 6.06. The number of nitrogens with one attached hydrogen (secondary N) is 1. The first-order valence-electron chi connectivity index (χ1n) is 3.84. The van der Waals surface area contributed by atoms with E-state index >= 15 is 0 Å². The number of hydrogen-bond donors (Lipinski definition) is 1. The van der Waals surface area contributed by atoms with Crippen LogP contribution in [0, 0.1) is 0 Å². The van der Waals surface area contributed by atoms with Crippen molar-refractivity contribution in [1.29, 1.82) is 0 Å². The van der Waals surface area contributed by atoms with Crippen molar-refractivity contribution < 1.29 is 9.47 Å². The zero-order chi connectivity index (χ0) is 6.86. The Morgan fingerprint density at radius 3 is 2.90 bits per heavy atom. The van der Waals surface area contributed by atoms with Gasteiger partial charge in [-0.25, -0.2) is 0 Å². The largest absolute Gasteiger partial charge is 0.378 e. The summed E-state index contributed by atoms with van der Waals surface area (Å²) in [6.07, 6.45) is 1.06. The molecule has 3 nitrogen and oxygen atoms in total. The van der Waals surface area contributed by atoms with Gasteiger partial charge in [0.25, 0.3) is 0 Å². The zero-order valence-electron chi connectivity index (χ0n) is 6.06. The van der Waals surface area contributed by atoms with Gasteiger partial charge in [-0.15, -0.1) is 0 Å². The van der Waals surface area contributed by atoms with Gasteiger partial charge in [-0.2, -0.15) is 0 Å². The van der Waals surface area contributed by atoms with Crippen molar-refractivity contribution in [2.24, 2.45) is 0 Å². The van der Waals surface area contributed by atoms with Crippen LogP contribution in [-0.2, 0) is 9.47 Å². The van der Waals surface area contributed by atoms with Crippen molar-refractivity contribution in [2.75, 3.05) is 32.9 Å². The molecule has 2 aliphatic rings. The molecule has 2 saturated heterocycles. The average Bonchev–Trinajstić information content (AvgIpc) is 2.39. The van der Waals surface area contributed by atoms with Crippen LogP contribution in [-0.4, -0.2) is 38.5 Å². The van der Waals surface area contributed by atoms with E-state index < -0.39 is 0 Å². The lowest BCUT2D eigenvalue weighted by Crippen LogP contribution is -2.50. The van der Waals surface area contributed by atoms with Crippen LogP contribution in [0.1, 0.15) is 6.42 Å². The summed E-state index contributed by atoms with van der Waals surface area (Å²) in [6, 6.07) is 0. The maximum absolute atomic E-state index is 5.64. The highest BCUT2D eigenvalue weighted by Crippen LogP contribution is 2.23. The summed E-state index contributed by atoms with van der Waals surface area (Å²) in [5, 5.41) is 3.31. The average molecular weight is 143 g/mol. The van der Waals surface area contributed by atoms with Crippen molar-refractivity contribution in [1.82, 2.24) is 5.32 Å². The van der Waals surface area contributed by atoms with E-state index in [1.807, 2.05) is 0 Å². The lowest BCUT2D eigenvalue weighted by molar-refractivity contribution is -0.0674. The third-order valence-electron chi connectivity index (χ3n) is 2.20. The van der Waals surface area contributed by atoms with Gasteiger partial charge in [0, 0.05) is 26.1 Å². The normalized spacial score (nSPS) is 40.8. The van der Waals surface area contributed by atoms with Gasteiger partial charge < -0.3 is 14.8 Å². The fourth-order valence-corrected chi connectivity index (χ4v) is 1.55. The molecule has 1 spiro atoms.